The molecule has 10 heteroatoms. The number of hydrogen-bond acceptors (Lipinski definition) is 8. The Morgan fingerprint density at radius 2 is 0.543 bits per heavy atom. The van der Waals surface area contributed by atoms with E-state index >= 15 is 0 Å². The van der Waals surface area contributed by atoms with Crippen molar-refractivity contribution < 1.29 is 42.1 Å². The number of rotatable bonds is 86. The second-order valence-electron chi connectivity index (χ2n) is 32.3. The second-order valence-corrected chi connectivity index (χ2v) is 33.7. The van der Waals surface area contributed by atoms with Crippen LogP contribution in [-0.4, -0.2) is 70.0 Å². The first-order valence-corrected chi connectivity index (χ1v) is 47.3. The van der Waals surface area contributed by atoms with Crippen LogP contribution in [0.4, 0.5) is 0 Å². The molecule has 0 N–H and O–H groups in total. The smallest absolute Gasteiger partial charge is 0.306 e. The molecule has 0 amide bonds. The Hall–Kier alpha value is -2.81. The Morgan fingerprint density at radius 1 is 0.305 bits per heavy atom. The highest BCUT2D eigenvalue weighted by Gasteiger charge is 2.22. The Bertz CT molecular complexity index is 2050. The van der Waals surface area contributed by atoms with Gasteiger partial charge in [0.15, 0.2) is 6.10 Å². The van der Waals surface area contributed by atoms with Gasteiger partial charge in [-0.3, -0.25) is 14.2 Å². The summed E-state index contributed by atoms with van der Waals surface area (Å²) in [6, 6.07) is 0. The molecule has 0 aromatic rings. The van der Waals surface area contributed by atoms with Crippen LogP contribution in [0.5, 0.6) is 0 Å². The summed E-state index contributed by atoms with van der Waals surface area (Å²) in [6.07, 6.45) is 119. The molecule has 0 rings (SSSR count). The van der Waals surface area contributed by atoms with Crippen LogP contribution in [0.3, 0.4) is 0 Å². The molecule has 0 saturated carbocycles. The molecule has 0 aliphatic rings. The van der Waals surface area contributed by atoms with E-state index in [9.17, 15) is 19.0 Å². The van der Waals surface area contributed by atoms with Crippen LogP contribution in [0.2, 0.25) is 0 Å². The maximum absolute atomic E-state index is 12.9. The number of carbonyl (C=O) groups excluding carboxylic acids is 2. The van der Waals surface area contributed by atoms with E-state index in [-0.39, 0.29) is 32.0 Å². The predicted molar refractivity (Wildman–Crippen MR) is 457 cm³/mol. The number of phosphoric acid groups is 1. The highest BCUT2D eigenvalue weighted by atomic mass is 31.2. The summed E-state index contributed by atoms with van der Waals surface area (Å²) in [4.78, 5) is 38.3. The topological polar surface area (TPSA) is 111 Å². The van der Waals surface area contributed by atoms with Crippen molar-refractivity contribution in [3.05, 3.63) is 85.1 Å². The average Bonchev–Trinajstić information content (AvgIpc) is 0.935. The number of carbonyl (C=O) groups is 2. The summed E-state index contributed by atoms with van der Waals surface area (Å²) in [5, 5.41) is 0. The van der Waals surface area contributed by atoms with Crippen molar-refractivity contribution in [3.63, 3.8) is 0 Å². The number of phosphoric ester groups is 1. The zero-order valence-electron chi connectivity index (χ0n) is 70.4. The van der Waals surface area contributed by atoms with Crippen molar-refractivity contribution in [2.45, 2.75) is 463 Å². The molecule has 2 unspecified atom stereocenters. The minimum atomic E-state index is -4.65. The van der Waals surface area contributed by atoms with Crippen LogP contribution < -0.4 is 4.89 Å². The minimum Gasteiger partial charge on any atom is -0.756 e. The standard InChI is InChI=1S/C95H176NO8P/c1-6-8-10-12-14-16-18-20-22-24-26-28-30-32-34-36-38-40-42-44-46-48-50-52-54-56-58-60-62-64-66-68-70-72-74-76-78-80-82-84-86-88-95(98)104-93(92-103-105(99,100)102-90-89-96(3,4)5)91-101-94(97)87-85-83-81-79-77-75-73-71-69-67-65-63-61-59-57-55-53-51-49-47-45-43-41-39-37-35-33-31-29-27-25-23-21-19-17-15-13-11-9-7-2/h8,10,14,16,20,22,26,28,32,34,38,40,44,46,93H,6-7,9,11-13,15,17-19,21,23-25,27,29-31,33,35-37,39,41-43,45,47-92H2,1-5H3/b10-8-,16-14-,22-20-,28-26-,34-32-,40-38-,46-44-. The number of nitrogens with zero attached hydrogens (tertiary/aromatic N) is 1. The van der Waals surface area contributed by atoms with Crippen LogP contribution >= 0.6 is 7.82 Å². The monoisotopic (exact) mass is 1490 g/mol. The van der Waals surface area contributed by atoms with E-state index in [1.54, 1.807) is 0 Å². The van der Waals surface area contributed by atoms with Gasteiger partial charge in [0, 0.05) is 12.8 Å². The molecule has 0 aromatic carbocycles. The first-order chi connectivity index (χ1) is 51.5. The minimum absolute atomic E-state index is 0.0293. The normalized spacial score (nSPS) is 13.3. The lowest BCUT2D eigenvalue weighted by Gasteiger charge is -2.28. The largest absolute Gasteiger partial charge is 0.756 e. The van der Waals surface area contributed by atoms with E-state index in [4.69, 9.17) is 18.5 Å². The molecule has 0 aromatic heterocycles. The molecule has 0 bridgehead atoms. The van der Waals surface area contributed by atoms with Gasteiger partial charge in [-0.15, -0.1) is 0 Å². The average molecular weight is 1490 g/mol. The van der Waals surface area contributed by atoms with E-state index in [1.165, 1.54) is 340 Å². The number of allylic oxidation sites excluding steroid dienone is 14. The van der Waals surface area contributed by atoms with Crippen molar-refractivity contribution in [1.82, 2.24) is 0 Å². The summed E-state index contributed by atoms with van der Waals surface area (Å²) in [7, 11) is 1.19. The van der Waals surface area contributed by atoms with Crippen molar-refractivity contribution in [3.8, 4) is 0 Å². The van der Waals surface area contributed by atoms with Crippen molar-refractivity contribution in [1.29, 1.82) is 0 Å². The van der Waals surface area contributed by atoms with Gasteiger partial charge >= 0.3 is 11.9 Å². The van der Waals surface area contributed by atoms with Gasteiger partial charge in [0.2, 0.25) is 0 Å². The number of likely N-dealkylation sites (N-methyl/N-ethyl adjacent to an activating group) is 1. The lowest BCUT2D eigenvalue weighted by atomic mass is 10.0. The van der Waals surface area contributed by atoms with Crippen LogP contribution in [0.1, 0.15) is 457 Å². The van der Waals surface area contributed by atoms with Crippen LogP contribution in [0, 0.1) is 0 Å². The summed E-state index contributed by atoms with van der Waals surface area (Å²) in [6.45, 7) is 4.20. The van der Waals surface area contributed by atoms with Gasteiger partial charge in [0.05, 0.1) is 27.7 Å². The molecule has 0 aliphatic carbocycles. The van der Waals surface area contributed by atoms with E-state index in [0.717, 1.165) is 83.5 Å². The number of ether oxygens (including phenoxy) is 2. The Balaban J connectivity index is 3.85. The van der Waals surface area contributed by atoms with Gasteiger partial charge in [-0.2, -0.15) is 0 Å². The van der Waals surface area contributed by atoms with Crippen molar-refractivity contribution in [2.75, 3.05) is 47.5 Å². The quantitative estimate of drug-likeness (QED) is 0.0195. The second kappa shape index (κ2) is 85.2. The number of quaternary nitrogens is 1. The van der Waals surface area contributed by atoms with Gasteiger partial charge in [0.1, 0.15) is 19.8 Å². The Morgan fingerprint density at radius 3 is 0.810 bits per heavy atom. The Labute approximate surface area is 653 Å². The van der Waals surface area contributed by atoms with Gasteiger partial charge in [-0.1, -0.05) is 458 Å². The van der Waals surface area contributed by atoms with Crippen LogP contribution in [0.25, 0.3) is 0 Å². The molecule has 0 radical (unpaired) electrons. The lowest BCUT2D eigenvalue weighted by molar-refractivity contribution is -0.870. The molecule has 2 atom stereocenters. The third-order valence-electron chi connectivity index (χ3n) is 20.7. The molecule has 0 aliphatic heterocycles. The van der Waals surface area contributed by atoms with E-state index in [1.807, 2.05) is 21.1 Å². The van der Waals surface area contributed by atoms with Gasteiger partial charge < -0.3 is 27.9 Å². The third kappa shape index (κ3) is 90.0. The summed E-state index contributed by atoms with van der Waals surface area (Å²) < 4.78 is 34.5. The highest BCUT2D eigenvalue weighted by molar-refractivity contribution is 7.45. The van der Waals surface area contributed by atoms with E-state index < -0.39 is 26.5 Å². The summed E-state index contributed by atoms with van der Waals surface area (Å²) in [5.41, 5.74) is 0. The zero-order chi connectivity index (χ0) is 76.1. The maximum Gasteiger partial charge on any atom is 0.306 e. The number of unbranched alkanes of at least 4 members (excludes halogenated alkanes) is 58. The maximum atomic E-state index is 12.9. The first kappa shape index (κ1) is 102. The van der Waals surface area contributed by atoms with Crippen molar-refractivity contribution >= 4 is 19.8 Å². The first-order valence-electron chi connectivity index (χ1n) is 45.8. The van der Waals surface area contributed by atoms with Crippen molar-refractivity contribution in [2.24, 2.45) is 0 Å². The molecule has 9 nitrogen and oxygen atoms in total. The molecule has 0 spiro atoms. The Kier molecular flexibility index (Phi) is 82.9. The highest BCUT2D eigenvalue weighted by Crippen LogP contribution is 2.38. The number of esters is 2. The van der Waals surface area contributed by atoms with Gasteiger partial charge in [-0.05, 0) is 70.6 Å². The van der Waals surface area contributed by atoms with E-state index in [2.05, 4.69) is 98.9 Å². The van der Waals surface area contributed by atoms with Gasteiger partial charge in [-0.25, -0.2) is 0 Å². The van der Waals surface area contributed by atoms with Crippen LogP contribution in [-0.2, 0) is 32.7 Å². The summed E-state index contributed by atoms with van der Waals surface area (Å²) in [5.74, 6) is -0.809. The lowest BCUT2D eigenvalue weighted by Crippen LogP contribution is -2.37. The molecular weight excluding hydrogens is 1310 g/mol. The third-order valence-corrected chi connectivity index (χ3v) is 21.6. The fourth-order valence-corrected chi connectivity index (χ4v) is 14.5. The summed E-state index contributed by atoms with van der Waals surface area (Å²) >= 11 is 0. The molecule has 105 heavy (non-hydrogen) atoms. The fourth-order valence-electron chi connectivity index (χ4n) is 13.8. The molecule has 0 saturated heterocycles. The van der Waals surface area contributed by atoms with Gasteiger partial charge in [0.25, 0.3) is 7.82 Å². The molecule has 0 heterocycles. The SMILES string of the molecule is CC/C=C\C/C=C\C/C=C\C/C=C\C/C=C\C/C=C\C/C=C\CCCCCCCCCCCCCCCCCCCCCC(=O)OC(COC(=O)CCCCCCCCCCCCCCCCCCCCCCCCCCCCCCCCCCCCCCCCCC)COP(=O)([O-])OCC[N+](C)(C)C. The molecule has 0 fully saturated rings. The number of hydrogen-bond donors (Lipinski definition) is 0. The van der Waals surface area contributed by atoms with Crippen LogP contribution in [0.15, 0.2) is 85.1 Å². The fraction of sp³-hybridized carbons (Fsp3) is 0.832. The predicted octanol–water partition coefficient (Wildman–Crippen LogP) is 30.5. The molecule has 614 valence electrons. The molecular formula is C95H176NO8P. The van der Waals surface area contributed by atoms with E-state index in [0.29, 0.717) is 17.4 Å². The zero-order valence-corrected chi connectivity index (χ0v) is 71.3.